The van der Waals surface area contributed by atoms with Crippen LogP contribution in [0.25, 0.3) is 28.3 Å². The first kappa shape index (κ1) is 16.7. The zero-order valence-corrected chi connectivity index (χ0v) is 13.8. The first-order chi connectivity index (χ1) is 13.0. The number of hydrogen-bond acceptors (Lipinski definition) is 5. The van der Waals surface area contributed by atoms with E-state index in [-0.39, 0.29) is 11.4 Å². The van der Waals surface area contributed by atoms with Gasteiger partial charge in [-0.2, -0.15) is 5.10 Å². The lowest BCUT2D eigenvalue weighted by Crippen LogP contribution is -2.15. The molecule has 0 aliphatic heterocycles. The van der Waals surface area contributed by atoms with Crippen LogP contribution in [0.5, 0.6) is 0 Å². The molecule has 0 atom stereocenters. The van der Waals surface area contributed by atoms with Crippen molar-refractivity contribution in [3.05, 3.63) is 66.2 Å². The van der Waals surface area contributed by atoms with Gasteiger partial charge in [0, 0.05) is 11.8 Å². The van der Waals surface area contributed by atoms with Gasteiger partial charge < -0.3 is 5.73 Å². The van der Waals surface area contributed by atoms with Crippen LogP contribution in [-0.4, -0.2) is 30.5 Å². The topological polar surface area (TPSA) is 99.1 Å². The first-order valence-electron chi connectivity index (χ1n) is 7.90. The Labute approximate surface area is 151 Å². The highest BCUT2D eigenvalue weighted by Crippen LogP contribution is 2.29. The van der Waals surface area contributed by atoms with Crippen molar-refractivity contribution >= 4 is 11.6 Å². The number of rotatable bonds is 4. The second-order valence-electron chi connectivity index (χ2n) is 5.64. The lowest BCUT2D eigenvalue weighted by atomic mass is 10.1. The molecule has 0 radical (unpaired) electrons. The van der Waals surface area contributed by atoms with Gasteiger partial charge in [0.2, 0.25) is 0 Å². The van der Waals surface area contributed by atoms with Gasteiger partial charge in [-0.25, -0.2) is 23.3 Å². The molecule has 27 heavy (non-hydrogen) atoms. The summed E-state index contributed by atoms with van der Waals surface area (Å²) in [7, 11) is 0. The summed E-state index contributed by atoms with van der Waals surface area (Å²) in [6.07, 6.45) is 0.197. The van der Waals surface area contributed by atoms with Crippen LogP contribution in [0.2, 0.25) is 0 Å². The second kappa shape index (κ2) is 6.52. The Morgan fingerprint density at radius 2 is 1.89 bits per heavy atom. The van der Waals surface area contributed by atoms with Crippen molar-refractivity contribution in [2.24, 2.45) is 5.73 Å². The van der Waals surface area contributed by atoms with E-state index in [4.69, 9.17) is 5.73 Å². The van der Waals surface area contributed by atoms with Crippen LogP contribution in [0.4, 0.5) is 8.78 Å². The molecule has 7 nitrogen and oxygen atoms in total. The maximum absolute atomic E-state index is 13.0. The molecule has 2 N–H and O–H groups in total. The minimum atomic E-state index is -2.68. The standard InChI is InChI=1S/C18H12F2N6O/c19-17(20)13-5-1-4-12(24-13)16-10(3-2-8-22-16)11-6-7-15-23-9-14(18(21)27)26(15)25-11/h1-9,17H,(H2,21,27). The molecule has 134 valence electrons. The van der Waals surface area contributed by atoms with Gasteiger partial charge in [-0.1, -0.05) is 6.07 Å². The first-order valence-corrected chi connectivity index (χ1v) is 7.90. The smallest absolute Gasteiger partial charge is 0.280 e. The fourth-order valence-corrected chi connectivity index (χ4v) is 2.71. The zero-order valence-electron chi connectivity index (χ0n) is 13.8. The van der Waals surface area contributed by atoms with Crippen molar-refractivity contribution in [2.45, 2.75) is 6.43 Å². The zero-order chi connectivity index (χ0) is 19.0. The molecule has 0 aliphatic carbocycles. The Bertz CT molecular complexity index is 1160. The molecule has 0 saturated heterocycles. The molecule has 4 aromatic rings. The molecule has 0 aliphatic rings. The number of amides is 1. The van der Waals surface area contributed by atoms with Crippen molar-refractivity contribution in [1.29, 1.82) is 0 Å². The summed E-state index contributed by atoms with van der Waals surface area (Å²) in [5.41, 5.74) is 7.33. The fourth-order valence-electron chi connectivity index (χ4n) is 2.71. The summed E-state index contributed by atoms with van der Waals surface area (Å²) in [6, 6.07) is 11.2. The van der Waals surface area contributed by atoms with E-state index in [2.05, 4.69) is 20.1 Å². The van der Waals surface area contributed by atoms with Crippen LogP contribution in [0.15, 0.2) is 54.9 Å². The third-order valence-corrected chi connectivity index (χ3v) is 3.94. The summed E-state index contributed by atoms with van der Waals surface area (Å²) >= 11 is 0. The van der Waals surface area contributed by atoms with Crippen LogP contribution in [0.1, 0.15) is 22.6 Å². The Hall–Kier alpha value is -3.75. The van der Waals surface area contributed by atoms with Gasteiger partial charge in [-0.3, -0.25) is 9.78 Å². The maximum Gasteiger partial charge on any atom is 0.280 e. The van der Waals surface area contributed by atoms with Gasteiger partial charge in [-0.05, 0) is 36.4 Å². The highest BCUT2D eigenvalue weighted by atomic mass is 19.3. The van der Waals surface area contributed by atoms with Gasteiger partial charge in [0.05, 0.1) is 23.3 Å². The van der Waals surface area contributed by atoms with Crippen LogP contribution in [0.3, 0.4) is 0 Å². The van der Waals surface area contributed by atoms with E-state index in [1.165, 1.54) is 22.8 Å². The molecule has 4 rings (SSSR count). The SMILES string of the molecule is NC(=O)c1cnc2ccc(-c3cccnc3-c3cccc(C(F)F)n3)nn12. The highest BCUT2D eigenvalue weighted by Gasteiger charge is 2.16. The van der Waals surface area contributed by atoms with Gasteiger partial charge in [-0.15, -0.1) is 0 Å². The molecule has 0 unspecified atom stereocenters. The van der Waals surface area contributed by atoms with Gasteiger partial charge in [0.15, 0.2) is 5.65 Å². The van der Waals surface area contributed by atoms with E-state index in [1.807, 2.05) is 0 Å². The molecule has 0 fully saturated rings. The molecule has 0 aromatic carbocycles. The Morgan fingerprint density at radius 1 is 1.04 bits per heavy atom. The average Bonchev–Trinajstić information content (AvgIpc) is 3.11. The van der Waals surface area contributed by atoms with Gasteiger partial charge >= 0.3 is 0 Å². The number of primary amides is 1. The number of aromatic nitrogens is 5. The Morgan fingerprint density at radius 3 is 2.67 bits per heavy atom. The van der Waals surface area contributed by atoms with Crippen molar-refractivity contribution in [3.63, 3.8) is 0 Å². The third-order valence-electron chi connectivity index (χ3n) is 3.94. The molecular formula is C18H12F2N6O. The lowest BCUT2D eigenvalue weighted by Gasteiger charge is -2.09. The van der Waals surface area contributed by atoms with E-state index in [1.54, 1.807) is 36.5 Å². The van der Waals surface area contributed by atoms with E-state index < -0.39 is 12.3 Å². The summed E-state index contributed by atoms with van der Waals surface area (Å²) in [6.45, 7) is 0. The van der Waals surface area contributed by atoms with E-state index in [0.717, 1.165) is 0 Å². The highest BCUT2D eigenvalue weighted by molar-refractivity contribution is 5.91. The molecule has 0 spiro atoms. The normalized spacial score (nSPS) is 11.2. The monoisotopic (exact) mass is 366 g/mol. The number of pyridine rings is 2. The maximum atomic E-state index is 13.0. The number of carbonyl (C=O) groups excluding carboxylic acids is 1. The average molecular weight is 366 g/mol. The molecule has 0 bridgehead atoms. The van der Waals surface area contributed by atoms with Crippen LogP contribution < -0.4 is 5.73 Å². The van der Waals surface area contributed by atoms with Crippen LogP contribution >= 0.6 is 0 Å². The number of alkyl halides is 2. The van der Waals surface area contributed by atoms with Crippen molar-refractivity contribution in [2.75, 3.05) is 0 Å². The van der Waals surface area contributed by atoms with Crippen molar-refractivity contribution in [1.82, 2.24) is 24.6 Å². The van der Waals surface area contributed by atoms with Gasteiger partial charge in [0.1, 0.15) is 11.4 Å². The molecule has 1 amide bonds. The number of nitrogens with zero attached hydrogens (tertiary/aromatic N) is 5. The quantitative estimate of drug-likeness (QED) is 0.599. The molecule has 4 aromatic heterocycles. The number of fused-ring (bicyclic) bond motifs is 1. The summed E-state index contributed by atoms with van der Waals surface area (Å²) in [5.74, 6) is -0.662. The number of halogens is 2. The van der Waals surface area contributed by atoms with E-state index >= 15 is 0 Å². The fraction of sp³-hybridized carbons (Fsp3) is 0.0556. The van der Waals surface area contributed by atoms with Gasteiger partial charge in [0.25, 0.3) is 12.3 Å². The molecular weight excluding hydrogens is 354 g/mol. The predicted octanol–water partition coefficient (Wildman–Crippen LogP) is 2.89. The van der Waals surface area contributed by atoms with Crippen molar-refractivity contribution in [3.8, 4) is 22.6 Å². The minimum Gasteiger partial charge on any atom is -0.364 e. The lowest BCUT2D eigenvalue weighted by molar-refractivity contribution is 0.0993. The Kier molecular flexibility index (Phi) is 4.03. The van der Waals surface area contributed by atoms with E-state index in [0.29, 0.717) is 28.3 Å². The van der Waals surface area contributed by atoms with E-state index in [9.17, 15) is 13.6 Å². The number of imidazole rings is 1. The number of nitrogens with two attached hydrogens (primary N) is 1. The number of carbonyl (C=O) groups is 1. The summed E-state index contributed by atoms with van der Waals surface area (Å²) in [4.78, 5) is 23.9. The third kappa shape index (κ3) is 2.99. The molecule has 0 saturated carbocycles. The molecule has 4 heterocycles. The second-order valence-corrected chi connectivity index (χ2v) is 5.64. The van der Waals surface area contributed by atoms with Crippen LogP contribution in [-0.2, 0) is 0 Å². The Balaban J connectivity index is 1.89. The minimum absolute atomic E-state index is 0.134. The summed E-state index contributed by atoms with van der Waals surface area (Å²) < 4.78 is 27.3. The summed E-state index contributed by atoms with van der Waals surface area (Å²) in [5, 5.41) is 4.41. The number of hydrogen-bond donors (Lipinski definition) is 1. The predicted molar refractivity (Wildman–Crippen MR) is 92.9 cm³/mol. The van der Waals surface area contributed by atoms with Crippen molar-refractivity contribution < 1.29 is 13.6 Å². The van der Waals surface area contributed by atoms with Crippen LogP contribution in [0, 0.1) is 0 Å². The molecule has 9 heteroatoms. The largest absolute Gasteiger partial charge is 0.364 e.